The van der Waals surface area contributed by atoms with Gasteiger partial charge in [0.15, 0.2) is 0 Å². The van der Waals surface area contributed by atoms with Gasteiger partial charge >= 0.3 is 5.97 Å². The molecule has 0 heterocycles. The highest BCUT2D eigenvalue weighted by Gasteiger charge is 2.34. The van der Waals surface area contributed by atoms with E-state index in [1.54, 1.807) is 0 Å². The zero-order chi connectivity index (χ0) is 8.97. The average Bonchev–Trinajstić information content (AvgIpc) is 2.01. The highest BCUT2D eigenvalue weighted by Crippen LogP contribution is 2.37. The fourth-order valence-corrected chi connectivity index (χ4v) is 1.63. The van der Waals surface area contributed by atoms with Gasteiger partial charge in [-0.3, -0.25) is 4.79 Å². The average molecular weight is 170 g/mol. The first-order valence-electron chi connectivity index (χ1n) is 4.29. The Bertz CT molecular complexity index is 171. The van der Waals surface area contributed by atoms with Gasteiger partial charge in [0.25, 0.3) is 0 Å². The van der Waals surface area contributed by atoms with Gasteiger partial charge in [-0.1, -0.05) is 0 Å². The van der Waals surface area contributed by atoms with E-state index in [1.165, 1.54) is 7.11 Å². The van der Waals surface area contributed by atoms with Gasteiger partial charge in [-0.15, -0.1) is 0 Å². The van der Waals surface area contributed by atoms with Crippen molar-refractivity contribution in [3.63, 3.8) is 0 Å². The molecule has 0 N–H and O–H groups in total. The lowest BCUT2D eigenvalue weighted by atomic mass is 9.73. The van der Waals surface area contributed by atoms with Crippen molar-refractivity contribution >= 4 is 12.3 Å². The Balaban J connectivity index is 2.11. The Morgan fingerprint density at radius 3 is 2.75 bits per heavy atom. The van der Waals surface area contributed by atoms with Gasteiger partial charge in [-0.2, -0.15) is 0 Å². The number of rotatable bonds is 4. The van der Waals surface area contributed by atoms with E-state index in [4.69, 9.17) is 0 Å². The zero-order valence-electron chi connectivity index (χ0n) is 7.29. The first-order chi connectivity index (χ1) is 5.77. The Labute approximate surface area is 72.1 Å². The molecule has 0 unspecified atom stereocenters. The van der Waals surface area contributed by atoms with Crippen molar-refractivity contribution in [2.75, 3.05) is 7.11 Å². The molecule has 0 atom stereocenters. The highest BCUT2D eigenvalue weighted by molar-refractivity contribution is 5.73. The molecule has 1 fully saturated rings. The Hall–Kier alpha value is -0.860. The van der Waals surface area contributed by atoms with Crippen LogP contribution in [0.5, 0.6) is 0 Å². The number of ether oxygens (including phenoxy) is 1. The summed E-state index contributed by atoms with van der Waals surface area (Å²) in [6, 6.07) is 0. The molecule has 1 rings (SSSR count). The normalized spacial score (nSPS) is 27.4. The summed E-state index contributed by atoms with van der Waals surface area (Å²) >= 11 is 0. The Kier molecular flexibility index (Phi) is 3.26. The van der Waals surface area contributed by atoms with Crippen molar-refractivity contribution < 1.29 is 14.3 Å². The molecule has 3 nitrogen and oxygen atoms in total. The van der Waals surface area contributed by atoms with Crippen LogP contribution in [0.4, 0.5) is 0 Å². The van der Waals surface area contributed by atoms with E-state index in [1.807, 2.05) is 0 Å². The molecule has 3 heteroatoms. The van der Waals surface area contributed by atoms with Crippen LogP contribution in [-0.4, -0.2) is 19.4 Å². The molecule has 0 saturated heterocycles. The Morgan fingerprint density at radius 1 is 1.58 bits per heavy atom. The maximum Gasteiger partial charge on any atom is 0.308 e. The van der Waals surface area contributed by atoms with Crippen LogP contribution in [0.25, 0.3) is 0 Å². The Morgan fingerprint density at radius 2 is 2.25 bits per heavy atom. The van der Waals surface area contributed by atoms with Crippen LogP contribution in [0.1, 0.15) is 25.7 Å². The summed E-state index contributed by atoms with van der Waals surface area (Å²) in [5, 5.41) is 0. The van der Waals surface area contributed by atoms with Crippen LogP contribution in [0.15, 0.2) is 0 Å². The topological polar surface area (TPSA) is 43.4 Å². The molecule has 1 aliphatic rings. The molecule has 0 radical (unpaired) electrons. The molecule has 0 aromatic heterocycles. The van der Waals surface area contributed by atoms with Crippen molar-refractivity contribution in [3.8, 4) is 0 Å². The molecule has 0 aromatic rings. The predicted octanol–water partition coefficient (Wildman–Crippen LogP) is 1.16. The van der Waals surface area contributed by atoms with E-state index in [2.05, 4.69) is 4.74 Å². The lowest BCUT2D eigenvalue weighted by Gasteiger charge is -2.32. The number of aldehydes is 1. The number of esters is 1. The fourth-order valence-electron chi connectivity index (χ4n) is 1.63. The summed E-state index contributed by atoms with van der Waals surface area (Å²) in [5.74, 6) is 0.573. The van der Waals surface area contributed by atoms with Gasteiger partial charge in [0.1, 0.15) is 6.29 Å². The predicted molar refractivity (Wildman–Crippen MR) is 43.5 cm³/mol. The minimum absolute atomic E-state index is 0.0997. The zero-order valence-corrected chi connectivity index (χ0v) is 7.29. The fraction of sp³-hybridized carbons (Fsp3) is 0.778. The molecular weight excluding hydrogens is 156 g/mol. The summed E-state index contributed by atoms with van der Waals surface area (Å²) < 4.78 is 4.60. The van der Waals surface area contributed by atoms with E-state index in [9.17, 15) is 9.59 Å². The molecule has 68 valence electrons. The molecule has 12 heavy (non-hydrogen) atoms. The molecular formula is C9H14O3. The minimum atomic E-state index is -0.0997. The van der Waals surface area contributed by atoms with E-state index >= 15 is 0 Å². The van der Waals surface area contributed by atoms with Crippen LogP contribution in [0, 0.1) is 11.8 Å². The maximum atomic E-state index is 10.9. The summed E-state index contributed by atoms with van der Waals surface area (Å²) in [6.45, 7) is 0. The number of hydrogen-bond donors (Lipinski definition) is 0. The van der Waals surface area contributed by atoms with Gasteiger partial charge in [0.2, 0.25) is 0 Å². The summed E-state index contributed by atoms with van der Waals surface area (Å²) in [4.78, 5) is 21.0. The number of hydrogen-bond acceptors (Lipinski definition) is 3. The second-order valence-electron chi connectivity index (χ2n) is 3.30. The smallest absolute Gasteiger partial charge is 0.308 e. The molecule has 1 aliphatic carbocycles. The second kappa shape index (κ2) is 4.24. The third kappa shape index (κ3) is 2.06. The summed E-state index contributed by atoms with van der Waals surface area (Å²) in [5.41, 5.74) is 0. The van der Waals surface area contributed by atoms with Gasteiger partial charge < -0.3 is 9.53 Å². The molecule has 1 saturated carbocycles. The van der Waals surface area contributed by atoms with Crippen LogP contribution in [-0.2, 0) is 14.3 Å². The quantitative estimate of drug-likeness (QED) is 0.469. The third-order valence-electron chi connectivity index (χ3n) is 2.46. The lowest BCUT2D eigenvalue weighted by Crippen LogP contribution is -2.31. The molecule has 0 aliphatic heterocycles. The minimum Gasteiger partial charge on any atom is -0.469 e. The van der Waals surface area contributed by atoms with Crippen molar-refractivity contribution in [3.05, 3.63) is 0 Å². The summed E-state index contributed by atoms with van der Waals surface area (Å²) in [7, 11) is 1.42. The number of carbonyl (C=O) groups is 2. The van der Waals surface area contributed by atoms with E-state index in [-0.39, 0.29) is 11.9 Å². The van der Waals surface area contributed by atoms with Crippen molar-refractivity contribution in [2.45, 2.75) is 25.7 Å². The van der Waals surface area contributed by atoms with Crippen LogP contribution < -0.4 is 0 Å². The second-order valence-corrected chi connectivity index (χ2v) is 3.30. The first-order valence-corrected chi connectivity index (χ1v) is 4.29. The highest BCUT2D eigenvalue weighted by atomic mass is 16.5. The third-order valence-corrected chi connectivity index (χ3v) is 2.46. The largest absolute Gasteiger partial charge is 0.469 e. The maximum absolute atomic E-state index is 10.9. The van der Waals surface area contributed by atoms with Crippen LogP contribution >= 0.6 is 0 Å². The standard InChI is InChI=1S/C9H14O3/c1-12-9(11)8-5-7(6-8)3-2-4-10/h4,7-8H,2-3,5-6H2,1H3. The molecule has 0 amide bonds. The summed E-state index contributed by atoms with van der Waals surface area (Å²) in [6.07, 6.45) is 4.29. The first kappa shape index (κ1) is 9.23. The van der Waals surface area contributed by atoms with Crippen molar-refractivity contribution in [1.82, 2.24) is 0 Å². The van der Waals surface area contributed by atoms with Gasteiger partial charge in [0.05, 0.1) is 13.0 Å². The van der Waals surface area contributed by atoms with E-state index in [0.29, 0.717) is 12.3 Å². The monoisotopic (exact) mass is 170 g/mol. The van der Waals surface area contributed by atoms with Gasteiger partial charge in [-0.05, 0) is 25.2 Å². The van der Waals surface area contributed by atoms with Crippen molar-refractivity contribution in [1.29, 1.82) is 0 Å². The molecule has 0 spiro atoms. The van der Waals surface area contributed by atoms with E-state index in [0.717, 1.165) is 25.5 Å². The van der Waals surface area contributed by atoms with E-state index < -0.39 is 0 Å². The number of carbonyl (C=O) groups excluding carboxylic acids is 2. The van der Waals surface area contributed by atoms with Crippen molar-refractivity contribution in [2.24, 2.45) is 11.8 Å². The van der Waals surface area contributed by atoms with Gasteiger partial charge in [-0.25, -0.2) is 0 Å². The number of methoxy groups -OCH3 is 1. The molecule has 0 aromatic carbocycles. The van der Waals surface area contributed by atoms with Crippen LogP contribution in [0.3, 0.4) is 0 Å². The SMILES string of the molecule is COC(=O)C1CC(CCC=O)C1. The lowest BCUT2D eigenvalue weighted by molar-refractivity contribution is -0.150. The van der Waals surface area contributed by atoms with Gasteiger partial charge in [0, 0.05) is 6.42 Å². The van der Waals surface area contributed by atoms with Crippen LogP contribution in [0.2, 0.25) is 0 Å². The molecule has 0 bridgehead atoms.